The van der Waals surface area contributed by atoms with Gasteiger partial charge in [0.2, 0.25) is 0 Å². The number of benzene rings is 2. The molecule has 0 saturated heterocycles. The second-order valence-corrected chi connectivity index (χ2v) is 5.88. The van der Waals surface area contributed by atoms with Crippen molar-refractivity contribution in [2.24, 2.45) is 5.41 Å². The summed E-state index contributed by atoms with van der Waals surface area (Å²) in [5.41, 5.74) is 1.77. The van der Waals surface area contributed by atoms with Crippen molar-refractivity contribution in [3.8, 4) is 0 Å². The maximum Gasteiger partial charge on any atom is 0.313 e. The molecular formula is C20H20O2. The number of allylic oxidation sites excluding steroid dienone is 2. The molecule has 0 amide bonds. The third-order valence-corrected chi connectivity index (χ3v) is 4.21. The molecule has 0 atom stereocenters. The Hall–Kier alpha value is -2.35. The summed E-state index contributed by atoms with van der Waals surface area (Å²) in [7, 11) is 0. The molecule has 2 heteroatoms. The molecule has 0 N–H and O–H groups in total. The number of hydrogen-bond acceptors (Lipinski definition) is 2. The van der Waals surface area contributed by atoms with Gasteiger partial charge in [-0.1, -0.05) is 72.8 Å². The number of hydrogen-bond donors (Lipinski definition) is 0. The maximum absolute atomic E-state index is 12.7. The van der Waals surface area contributed by atoms with Crippen LogP contribution in [-0.2, 0) is 22.6 Å². The summed E-state index contributed by atoms with van der Waals surface area (Å²) in [5, 5.41) is 0. The molecule has 112 valence electrons. The van der Waals surface area contributed by atoms with E-state index in [4.69, 9.17) is 4.74 Å². The lowest BCUT2D eigenvalue weighted by Gasteiger charge is -2.27. The summed E-state index contributed by atoms with van der Waals surface area (Å²) in [6.45, 7) is 0.343. The minimum absolute atomic E-state index is 0.0924. The quantitative estimate of drug-likeness (QED) is 0.606. The van der Waals surface area contributed by atoms with E-state index in [1.807, 2.05) is 48.5 Å². The molecule has 2 aromatic carbocycles. The van der Waals surface area contributed by atoms with Crippen molar-refractivity contribution in [3.05, 3.63) is 83.9 Å². The number of carbonyl (C=O) groups is 1. The largest absolute Gasteiger partial charge is 0.460 e. The average Bonchev–Trinajstić information content (AvgIpc) is 3.04. The Kier molecular flexibility index (Phi) is 4.38. The van der Waals surface area contributed by atoms with Crippen LogP contribution in [0.5, 0.6) is 0 Å². The van der Waals surface area contributed by atoms with E-state index >= 15 is 0 Å². The third kappa shape index (κ3) is 3.28. The normalized spacial score (nSPS) is 15.6. The molecule has 0 unspecified atom stereocenters. The highest BCUT2D eigenvalue weighted by Gasteiger charge is 2.40. The van der Waals surface area contributed by atoms with Crippen LogP contribution in [0.2, 0.25) is 0 Å². The molecule has 1 aliphatic carbocycles. The summed E-state index contributed by atoms with van der Waals surface area (Å²) in [6, 6.07) is 20.0. The van der Waals surface area contributed by atoms with E-state index in [2.05, 4.69) is 24.3 Å². The van der Waals surface area contributed by atoms with Gasteiger partial charge < -0.3 is 4.74 Å². The monoisotopic (exact) mass is 292 g/mol. The highest BCUT2D eigenvalue weighted by Crippen LogP contribution is 2.38. The van der Waals surface area contributed by atoms with Gasteiger partial charge in [-0.2, -0.15) is 0 Å². The van der Waals surface area contributed by atoms with Gasteiger partial charge in [-0.3, -0.25) is 4.79 Å². The predicted octanol–water partition coefficient (Wildman–Crippen LogP) is 4.31. The third-order valence-electron chi connectivity index (χ3n) is 4.21. The van der Waals surface area contributed by atoms with Gasteiger partial charge in [-0.05, 0) is 30.4 Å². The second kappa shape index (κ2) is 6.61. The molecular weight excluding hydrogens is 272 g/mol. The Bertz CT molecular complexity index is 636. The van der Waals surface area contributed by atoms with Gasteiger partial charge in [0.25, 0.3) is 0 Å². The molecule has 0 saturated carbocycles. The van der Waals surface area contributed by atoms with Crippen LogP contribution in [0.15, 0.2) is 72.8 Å². The number of carbonyl (C=O) groups excluding carboxylic acids is 1. The van der Waals surface area contributed by atoms with Gasteiger partial charge in [-0.15, -0.1) is 0 Å². The van der Waals surface area contributed by atoms with E-state index < -0.39 is 5.41 Å². The average molecular weight is 292 g/mol. The number of rotatable bonds is 5. The Balaban J connectivity index is 1.69. The predicted molar refractivity (Wildman–Crippen MR) is 87.2 cm³/mol. The van der Waals surface area contributed by atoms with Crippen molar-refractivity contribution in [2.75, 3.05) is 0 Å². The first kappa shape index (κ1) is 14.6. The van der Waals surface area contributed by atoms with Gasteiger partial charge in [0.05, 0.1) is 5.41 Å². The van der Waals surface area contributed by atoms with E-state index in [1.165, 1.54) is 5.56 Å². The van der Waals surface area contributed by atoms with Gasteiger partial charge in [0, 0.05) is 0 Å². The fourth-order valence-corrected chi connectivity index (χ4v) is 2.95. The first-order valence-electron chi connectivity index (χ1n) is 7.69. The highest BCUT2D eigenvalue weighted by molar-refractivity contribution is 5.78. The van der Waals surface area contributed by atoms with Crippen molar-refractivity contribution in [3.63, 3.8) is 0 Å². The van der Waals surface area contributed by atoms with Crippen LogP contribution in [0, 0.1) is 5.41 Å². The first-order chi connectivity index (χ1) is 10.8. The Morgan fingerprint density at radius 2 is 1.41 bits per heavy atom. The molecule has 0 heterocycles. The summed E-state index contributed by atoms with van der Waals surface area (Å²) < 4.78 is 5.61. The molecule has 3 rings (SSSR count). The van der Waals surface area contributed by atoms with Gasteiger partial charge in [-0.25, -0.2) is 0 Å². The smallest absolute Gasteiger partial charge is 0.313 e. The van der Waals surface area contributed by atoms with Crippen molar-refractivity contribution in [1.29, 1.82) is 0 Å². The Labute approximate surface area is 131 Å². The lowest BCUT2D eigenvalue weighted by Crippen LogP contribution is -2.32. The molecule has 2 aromatic rings. The minimum Gasteiger partial charge on any atom is -0.460 e. The zero-order chi connectivity index (χ0) is 15.3. The molecule has 0 bridgehead atoms. The molecule has 0 fully saturated rings. The molecule has 1 aliphatic rings. The summed E-state index contributed by atoms with van der Waals surface area (Å²) >= 11 is 0. The van der Waals surface area contributed by atoms with Crippen LogP contribution < -0.4 is 0 Å². The molecule has 0 radical (unpaired) electrons. The summed E-state index contributed by atoms with van der Waals surface area (Å²) in [4.78, 5) is 12.7. The van der Waals surface area contributed by atoms with Crippen molar-refractivity contribution in [2.45, 2.75) is 25.9 Å². The zero-order valence-corrected chi connectivity index (χ0v) is 12.6. The fraction of sp³-hybridized carbons (Fsp3) is 0.250. The molecule has 0 aliphatic heterocycles. The molecule has 22 heavy (non-hydrogen) atoms. The van der Waals surface area contributed by atoms with Gasteiger partial charge >= 0.3 is 5.97 Å². The van der Waals surface area contributed by atoms with E-state index in [9.17, 15) is 4.79 Å². The van der Waals surface area contributed by atoms with Crippen molar-refractivity contribution < 1.29 is 9.53 Å². The Morgan fingerprint density at radius 3 is 2.00 bits per heavy atom. The van der Waals surface area contributed by atoms with Gasteiger partial charge in [0.1, 0.15) is 6.61 Å². The van der Waals surface area contributed by atoms with Crippen LogP contribution in [0.4, 0.5) is 0 Å². The van der Waals surface area contributed by atoms with Crippen LogP contribution in [0.3, 0.4) is 0 Å². The van der Waals surface area contributed by atoms with Crippen molar-refractivity contribution >= 4 is 5.97 Å². The van der Waals surface area contributed by atoms with Crippen molar-refractivity contribution in [1.82, 2.24) is 0 Å². The lowest BCUT2D eigenvalue weighted by atomic mass is 9.79. The summed E-state index contributed by atoms with van der Waals surface area (Å²) in [5.74, 6) is -0.0924. The van der Waals surface area contributed by atoms with E-state index in [0.29, 0.717) is 6.61 Å². The topological polar surface area (TPSA) is 26.3 Å². The number of ether oxygens (including phenoxy) is 1. The lowest BCUT2D eigenvalue weighted by molar-refractivity contribution is -0.156. The Morgan fingerprint density at radius 1 is 0.864 bits per heavy atom. The van der Waals surface area contributed by atoms with Gasteiger partial charge in [0.15, 0.2) is 0 Å². The standard InChI is InChI=1S/C20H20O2/c21-19(22-16-18-11-5-2-6-12-18)20(13-7-8-14-20)15-17-9-3-1-4-10-17/h1-12H,13-16H2. The van der Waals surface area contributed by atoms with Crippen LogP contribution >= 0.6 is 0 Å². The van der Waals surface area contributed by atoms with Crippen LogP contribution in [0.25, 0.3) is 0 Å². The number of esters is 1. The highest BCUT2D eigenvalue weighted by atomic mass is 16.5. The van der Waals surface area contributed by atoms with Crippen LogP contribution in [-0.4, -0.2) is 5.97 Å². The zero-order valence-electron chi connectivity index (χ0n) is 12.6. The molecule has 2 nitrogen and oxygen atoms in total. The SMILES string of the molecule is O=C(OCc1ccccc1)C1(Cc2ccccc2)CC=CC1. The molecule has 0 spiro atoms. The fourth-order valence-electron chi connectivity index (χ4n) is 2.95. The van der Waals surface area contributed by atoms with E-state index in [0.717, 1.165) is 24.8 Å². The summed E-state index contributed by atoms with van der Waals surface area (Å²) in [6.07, 6.45) is 6.43. The molecule has 0 aromatic heterocycles. The second-order valence-electron chi connectivity index (χ2n) is 5.88. The maximum atomic E-state index is 12.7. The minimum atomic E-state index is -0.434. The van der Waals surface area contributed by atoms with E-state index in [-0.39, 0.29) is 5.97 Å². The first-order valence-corrected chi connectivity index (χ1v) is 7.69. The van der Waals surface area contributed by atoms with E-state index in [1.54, 1.807) is 0 Å². The van der Waals surface area contributed by atoms with Crippen LogP contribution in [0.1, 0.15) is 24.0 Å².